The molecule has 1 N–H and O–H groups in total. The molecule has 4 rings (SSSR count). The number of carbonyl (C=O) groups is 1. The van der Waals surface area contributed by atoms with E-state index in [1.165, 1.54) is 6.08 Å². The molecule has 0 bridgehead atoms. The van der Waals surface area contributed by atoms with E-state index in [4.69, 9.17) is 23.2 Å². The van der Waals surface area contributed by atoms with Crippen LogP contribution in [0, 0.1) is 0 Å². The minimum absolute atomic E-state index is 0.0829. The SMILES string of the molecule is O=C(/C=C/c1ccccc1Cl)c1ccc(Nc2ccnc3cc(Cl)ccc23)cc1. The number of nitrogens with zero attached hydrogens (tertiary/aromatic N) is 1. The molecule has 0 spiro atoms. The number of carbonyl (C=O) groups excluding carboxylic acids is 1. The van der Waals surface area contributed by atoms with Crippen LogP contribution in [-0.2, 0) is 0 Å². The van der Waals surface area contributed by atoms with Crippen LogP contribution in [0.2, 0.25) is 10.0 Å². The van der Waals surface area contributed by atoms with Crippen LogP contribution < -0.4 is 5.32 Å². The summed E-state index contributed by atoms with van der Waals surface area (Å²) in [5.74, 6) is -0.0829. The first-order valence-electron chi connectivity index (χ1n) is 8.98. The first-order chi connectivity index (χ1) is 14.1. The quantitative estimate of drug-likeness (QED) is 0.275. The van der Waals surface area contributed by atoms with Crippen molar-refractivity contribution in [1.82, 2.24) is 4.98 Å². The summed E-state index contributed by atoms with van der Waals surface area (Å²) < 4.78 is 0. The van der Waals surface area contributed by atoms with Gasteiger partial charge in [0, 0.05) is 38.6 Å². The number of halogens is 2. The lowest BCUT2D eigenvalue weighted by molar-refractivity contribution is 0.104. The minimum atomic E-state index is -0.0829. The molecule has 1 heterocycles. The fourth-order valence-corrected chi connectivity index (χ4v) is 3.34. The van der Waals surface area contributed by atoms with Crippen molar-refractivity contribution in [3.05, 3.63) is 106 Å². The van der Waals surface area contributed by atoms with Gasteiger partial charge in [-0.2, -0.15) is 0 Å². The van der Waals surface area contributed by atoms with E-state index in [2.05, 4.69) is 10.3 Å². The number of allylic oxidation sites excluding steroid dienone is 1. The van der Waals surface area contributed by atoms with Gasteiger partial charge in [0.1, 0.15) is 0 Å². The second-order valence-electron chi connectivity index (χ2n) is 6.44. The zero-order chi connectivity index (χ0) is 20.2. The van der Waals surface area contributed by atoms with Gasteiger partial charge in [0.25, 0.3) is 0 Å². The number of benzene rings is 3. The molecular weight excluding hydrogens is 403 g/mol. The van der Waals surface area contributed by atoms with Crippen molar-refractivity contribution in [2.75, 3.05) is 5.32 Å². The summed E-state index contributed by atoms with van der Waals surface area (Å²) in [6.07, 6.45) is 4.99. The highest BCUT2D eigenvalue weighted by Crippen LogP contribution is 2.27. The number of anilines is 2. The molecule has 3 aromatic carbocycles. The van der Waals surface area contributed by atoms with Gasteiger partial charge >= 0.3 is 0 Å². The Labute approximate surface area is 178 Å². The lowest BCUT2D eigenvalue weighted by Crippen LogP contribution is -1.96. The second-order valence-corrected chi connectivity index (χ2v) is 7.29. The van der Waals surface area contributed by atoms with E-state index in [9.17, 15) is 4.79 Å². The number of hydrogen-bond acceptors (Lipinski definition) is 3. The van der Waals surface area contributed by atoms with Crippen LogP contribution in [0.15, 0.2) is 85.1 Å². The first-order valence-corrected chi connectivity index (χ1v) is 9.74. The van der Waals surface area contributed by atoms with Gasteiger partial charge < -0.3 is 5.32 Å². The van der Waals surface area contributed by atoms with Crippen LogP contribution in [0.25, 0.3) is 17.0 Å². The zero-order valence-corrected chi connectivity index (χ0v) is 16.8. The molecule has 0 radical (unpaired) electrons. The van der Waals surface area contributed by atoms with Crippen molar-refractivity contribution in [1.29, 1.82) is 0 Å². The van der Waals surface area contributed by atoms with Crippen molar-refractivity contribution in [3.63, 3.8) is 0 Å². The molecule has 0 aliphatic heterocycles. The summed E-state index contributed by atoms with van der Waals surface area (Å²) in [7, 11) is 0. The van der Waals surface area contributed by atoms with E-state index in [0.717, 1.165) is 27.8 Å². The third kappa shape index (κ3) is 4.48. The summed E-state index contributed by atoms with van der Waals surface area (Å²) in [5, 5.41) is 5.60. The average molecular weight is 419 g/mol. The predicted octanol–water partition coefficient (Wildman–Crippen LogP) is 7.18. The van der Waals surface area contributed by atoms with Crippen molar-refractivity contribution in [2.45, 2.75) is 0 Å². The maximum atomic E-state index is 12.4. The zero-order valence-electron chi connectivity index (χ0n) is 15.3. The molecule has 5 heteroatoms. The smallest absolute Gasteiger partial charge is 0.185 e. The minimum Gasteiger partial charge on any atom is -0.355 e. The van der Waals surface area contributed by atoms with Gasteiger partial charge in [0.15, 0.2) is 5.78 Å². The topological polar surface area (TPSA) is 42.0 Å². The van der Waals surface area contributed by atoms with Gasteiger partial charge in [-0.05, 0) is 72.3 Å². The Hall–Kier alpha value is -3.14. The Bertz CT molecular complexity index is 1220. The highest BCUT2D eigenvalue weighted by molar-refractivity contribution is 6.32. The maximum Gasteiger partial charge on any atom is 0.185 e. The molecule has 3 nitrogen and oxygen atoms in total. The number of pyridine rings is 1. The molecule has 0 amide bonds. The molecule has 0 aliphatic rings. The van der Waals surface area contributed by atoms with E-state index < -0.39 is 0 Å². The molecular formula is C24H16Cl2N2O. The Balaban J connectivity index is 1.51. The molecule has 1 aromatic heterocycles. The number of ketones is 1. The normalized spacial score (nSPS) is 11.1. The van der Waals surface area contributed by atoms with Crippen LogP contribution in [0.1, 0.15) is 15.9 Å². The molecule has 0 fully saturated rings. The number of fused-ring (bicyclic) bond motifs is 1. The predicted molar refractivity (Wildman–Crippen MR) is 121 cm³/mol. The molecule has 4 aromatic rings. The monoisotopic (exact) mass is 418 g/mol. The highest BCUT2D eigenvalue weighted by Gasteiger charge is 2.06. The Kier molecular flexibility index (Phi) is 5.61. The third-order valence-electron chi connectivity index (χ3n) is 4.47. The van der Waals surface area contributed by atoms with Gasteiger partial charge in [-0.15, -0.1) is 0 Å². The summed E-state index contributed by atoms with van der Waals surface area (Å²) in [5.41, 5.74) is 4.03. The van der Waals surface area contributed by atoms with Crippen molar-refractivity contribution < 1.29 is 4.79 Å². The summed E-state index contributed by atoms with van der Waals surface area (Å²) >= 11 is 12.2. The van der Waals surface area contributed by atoms with Crippen LogP contribution >= 0.6 is 23.2 Å². The van der Waals surface area contributed by atoms with E-state index in [0.29, 0.717) is 15.6 Å². The molecule has 0 aliphatic carbocycles. The van der Waals surface area contributed by atoms with E-state index >= 15 is 0 Å². The molecule has 142 valence electrons. The second kappa shape index (κ2) is 8.48. The van der Waals surface area contributed by atoms with Crippen molar-refractivity contribution in [2.24, 2.45) is 0 Å². The molecule has 29 heavy (non-hydrogen) atoms. The fourth-order valence-electron chi connectivity index (χ4n) is 2.98. The van der Waals surface area contributed by atoms with Crippen molar-refractivity contribution in [3.8, 4) is 0 Å². The molecule has 0 unspecified atom stereocenters. The first kappa shape index (κ1) is 19.2. The van der Waals surface area contributed by atoms with E-state index in [1.54, 1.807) is 30.5 Å². The standard InChI is InChI=1S/C24H16Cl2N2O/c25-18-8-11-20-22(13-14-27-23(20)15-18)28-19-9-5-17(6-10-19)24(29)12-7-16-3-1-2-4-21(16)26/h1-15H,(H,27,28)/b12-7+. The van der Waals surface area contributed by atoms with Gasteiger partial charge in [-0.25, -0.2) is 0 Å². The van der Waals surface area contributed by atoms with Gasteiger partial charge in [-0.3, -0.25) is 9.78 Å². The van der Waals surface area contributed by atoms with E-state index in [-0.39, 0.29) is 5.78 Å². The third-order valence-corrected chi connectivity index (χ3v) is 5.05. The maximum absolute atomic E-state index is 12.4. The van der Waals surface area contributed by atoms with Gasteiger partial charge in [0.05, 0.1) is 5.52 Å². The van der Waals surface area contributed by atoms with E-state index in [1.807, 2.05) is 54.6 Å². The Morgan fingerprint density at radius 3 is 2.52 bits per heavy atom. The number of aromatic nitrogens is 1. The molecule has 0 atom stereocenters. The van der Waals surface area contributed by atoms with Crippen LogP contribution in [0.3, 0.4) is 0 Å². The Morgan fingerprint density at radius 2 is 1.72 bits per heavy atom. The van der Waals surface area contributed by atoms with Gasteiger partial charge in [0.2, 0.25) is 0 Å². The highest BCUT2D eigenvalue weighted by atomic mass is 35.5. The summed E-state index contributed by atoms with van der Waals surface area (Å²) in [6.45, 7) is 0. The number of nitrogens with one attached hydrogen (secondary N) is 1. The largest absolute Gasteiger partial charge is 0.355 e. The lowest BCUT2D eigenvalue weighted by atomic mass is 10.1. The average Bonchev–Trinajstić information content (AvgIpc) is 2.73. The summed E-state index contributed by atoms with van der Waals surface area (Å²) in [6, 6.07) is 22.2. The number of hydrogen-bond donors (Lipinski definition) is 1. The molecule has 0 saturated heterocycles. The van der Waals surface area contributed by atoms with Gasteiger partial charge in [-0.1, -0.05) is 41.4 Å². The number of rotatable bonds is 5. The van der Waals surface area contributed by atoms with Crippen LogP contribution in [0.5, 0.6) is 0 Å². The lowest BCUT2D eigenvalue weighted by Gasteiger charge is -2.10. The molecule has 0 saturated carbocycles. The van der Waals surface area contributed by atoms with Crippen LogP contribution in [0.4, 0.5) is 11.4 Å². The Morgan fingerprint density at radius 1 is 0.931 bits per heavy atom. The van der Waals surface area contributed by atoms with Crippen molar-refractivity contribution >= 4 is 57.3 Å². The van der Waals surface area contributed by atoms with Crippen LogP contribution in [-0.4, -0.2) is 10.8 Å². The summed E-state index contributed by atoms with van der Waals surface area (Å²) in [4.78, 5) is 16.8. The fraction of sp³-hybridized carbons (Fsp3) is 0.